The Morgan fingerprint density at radius 1 is 1.29 bits per heavy atom. The second-order valence-corrected chi connectivity index (χ2v) is 7.40. The van der Waals surface area contributed by atoms with Gasteiger partial charge < -0.3 is 5.32 Å². The van der Waals surface area contributed by atoms with Crippen molar-refractivity contribution in [2.75, 3.05) is 19.6 Å². The van der Waals surface area contributed by atoms with Crippen molar-refractivity contribution in [3.05, 3.63) is 29.1 Å². The Morgan fingerprint density at radius 2 is 1.95 bits per heavy atom. The molecule has 118 valence electrons. The first-order chi connectivity index (χ1) is 9.96. The fourth-order valence-corrected chi connectivity index (χ4v) is 4.36. The van der Waals surface area contributed by atoms with E-state index in [0.717, 1.165) is 25.8 Å². The van der Waals surface area contributed by atoms with Crippen LogP contribution in [-0.2, 0) is 16.6 Å². The highest BCUT2D eigenvalue weighted by Crippen LogP contribution is 2.26. The lowest BCUT2D eigenvalue weighted by atomic mass is 10.1. The van der Waals surface area contributed by atoms with Crippen molar-refractivity contribution in [1.29, 1.82) is 0 Å². The van der Waals surface area contributed by atoms with E-state index in [1.54, 1.807) is 6.07 Å². The summed E-state index contributed by atoms with van der Waals surface area (Å²) in [5, 5.41) is 3.17. The molecular formula is C15H23FN2O2S. The van der Waals surface area contributed by atoms with Gasteiger partial charge in [0.2, 0.25) is 10.0 Å². The Labute approximate surface area is 126 Å². The van der Waals surface area contributed by atoms with Gasteiger partial charge in [0.1, 0.15) is 5.82 Å². The van der Waals surface area contributed by atoms with Crippen LogP contribution in [0.1, 0.15) is 37.3 Å². The van der Waals surface area contributed by atoms with Crippen molar-refractivity contribution in [3.63, 3.8) is 0 Å². The maximum Gasteiger partial charge on any atom is 0.243 e. The van der Waals surface area contributed by atoms with E-state index in [1.807, 2.05) is 6.92 Å². The van der Waals surface area contributed by atoms with Crippen LogP contribution in [-0.4, -0.2) is 32.4 Å². The van der Waals surface area contributed by atoms with Gasteiger partial charge in [0.05, 0.1) is 4.90 Å². The molecule has 0 radical (unpaired) electrons. The third kappa shape index (κ3) is 3.62. The first-order valence-electron chi connectivity index (χ1n) is 7.46. The topological polar surface area (TPSA) is 49.4 Å². The van der Waals surface area contributed by atoms with Crippen molar-refractivity contribution in [2.45, 2.75) is 44.6 Å². The monoisotopic (exact) mass is 314 g/mol. The summed E-state index contributed by atoms with van der Waals surface area (Å²) in [6, 6.07) is 3.02. The number of hydrogen-bond donors (Lipinski definition) is 1. The molecule has 1 aliphatic rings. The summed E-state index contributed by atoms with van der Waals surface area (Å²) in [5.41, 5.74) is 0.880. The molecule has 0 aliphatic carbocycles. The Bertz CT molecular complexity index is 596. The number of halogens is 1. The highest BCUT2D eigenvalue weighted by Gasteiger charge is 2.29. The third-order valence-electron chi connectivity index (χ3n) is 3.80. The second-order valence-electron chi connectivity index (χ2n) is 5.49. The molecule has 1 N–H and O–H groups in total. The number of hydrogen-bond acceptors (Lipinski definition) is 3. The Morgan fingerprint density at radius 3 is 2.57 bits per heavy atom. The SMILES string of the molecule is CCCNCc1cc(F)c(C)c(S(=O)(=O)N2CCCC2)c1. The first-order valence-corrected chi connectivity index (χ1v) is 8.90. The van der Waals surface area contributed by atoms with Crippen LogP contribution >= 0.6 is 0 Å². The minimum Gasteiger partial charge on any atom is -0.313 e. The molecule has 1 aromatic rings. The summed E-state index contributed by atoms with van der Waals surface area (Å²) < 4.78 is 40.8. The molecule has 1 saturated heterocycles. The smallest absolute Gasteiger partial charge is 0.243 e. The number of nitrogens with one attached hydrogen (secondary N) is 1. The predicted octanol–water partition coefficient (Wildman–Crippen LogP) is 2.42. The van der Waals surface area contributed by atoms with Crippen molar-refractivity contribution < 1.29 is 12.8 Å². The lowest BCUT2D eigenvalue weighted by molar-refractivity contribution is 0.475. The van der Waals surface area contributed by atoms with E-state index in [-0.39, 0.29) is 10.5 Å². The van der Waals surface area contributed by atoms with Gasteiger partial charge in [0.15, 0.2) is 0 Å². The van der Waals surface area contributed by atoms with Crippen LogP contribution in [0.4, 0.5) is 4.39 Å². The lowest BCUT2D eigenvalue weighted by Gasteiger charge is -2.18. The van der Waals surface area contributed by atoms with Crippen LogP contribution in [0.5, 0.6) is 0 Å². The Kier molecular flexibility index (Phi) is 5.35. The minimum absolute atomic E-state index is 0.109. The first kappa shape index (κ1) is 16.4. The summed E-state index contributed by atoms with van der Waals surface area (Å²) in [5.74, 6) is -0.455. The molecule has 1 aromatic carbocycles. The highest BCUT2D eigenvalue weighted by molar-refractivity contribution is 7.89. The molecule has 0 atom stereocenters. The average Bonchev–Trinajstić information content (AvgIpc) is 2.97. The van der Waals surface area contributed by atoms with Gasteiger partial charge in [0, 0.05) is 25.2 Å². The van der Waals surface area contributed by atoms with Crippen molar-refractivity contribution in [1.82, 2.24) is 9.62 Å². The molecule has 2 rings (SSSR count). The molecule has 0 spiro atoms. The van der Waals surface area contributed by atoms with Gasteiger partial charge in [-0.3, -0.25) is 0 Å². The zero-order valence-corrected chi connectivity index (χ0v) is 13.5. The molecule has 0 saturated carbocycles. The van der Waals surface area contributed by atoms with E-state index < -0.39 is 15.8 Å². The van der Waals surface area contributed by atoms with Crippen molar-refractivity contribution in [2.24, 2.45) is 0 Å². The quantitative estimate of drug-likeness (QED) is 0.820. The summed E-state index contributed by atoms with van der Waals surface area (Å²) in [6.45, 7) is 5.94. The van der Waals surface area contributed by atoms with Gasteiger partial charge in [0.25, 0.3) is 0 Å². The van der Waals surface area contributed by atoms with E-state index in [4.69, 9.17) is 0 Å². The molecule has 6 heteroatoms. The fraction of sp³-hybridized carbons (Fsp3) is 0.600. The Balaban J connectivity index is 2.33. The van der Waals surface area contributed by atoms with E-state index in [1.165, 1.54) is 17.3 Å². The van der Waals surface area contributed by atoms with Gasteiger partial charge in [-0.25, -0.2) is 12.8 Å². The van der Waals surface area contributed by atoms with Gasteiger partial charge in [-0.2, -0.15) is 4.31 Å². The van der Waals surface area contributed by atoms with Crippen LogP contribution in [0.25, 0.3) is 0 Å². The molecule has 1 heterocycles. The molecule has 1 fully saturated rings. The minimum atomic E-state index is -3.58. The Hall–Kier alpha value is -0.980. The highest BCUT2D eigenvalue weighted by atomic mass is 32.2. The standard InChI is InChI=1S/C15H23FN2O2S/c1-3-6-17-11-13-9-14(16)12(2)15(10-13)21(19,20)18-7-4-5-8-18/h9-10,17H,3-8,11H2,1-2H3. The van der Waals surface area contributed by atoms with E-state index >= 15 is 0 Å². The molecule has 0 amide bonds. The van der Waals surface area contributed by atoms with E-state index in [0.29, 0.717) is 25.2 Å². The van der Waals surface area contributed by atoms with Crippen LogP contribution in [0, 0.1) is 12.7 Å². The fourth-order valence-electron chi connectivity index (χ4n) is 2.55. The maximum atomic E-state index is 14.1. The van der Waals surface area contributed by atoms with Crippen molar-refractivity contribution >= 4 is 10.0 Å². The van der Waals surface area contributed by atoms with Gasteiger partial charge in [-0.05, 0) is 50.4 Å². The zero-order valence-electron chi connectivity index (χ0n) is 12.7. The van der Waals surface area contributed by atoms with E-state index in [2.05, 4.69) is 5.32 Å². The molecular weight excluding hydrogens is 291 g/mol. The largest absolute Gasteiger partial charge is 0.313 e. The number of sulfonamides is 1. The molecule has 21 heavy (non-hydrogen) atoms. The van der Waals surface area contributed by atoms with Gasteiger partial charge in [-0.1, -0.05) is 6.92 Å². The predicted molar refractivity (Wildman–Crippen MR) is 81.1 cm³/mol. The summed E-state index contributed by atoms with van der Waals surface area (Å²) in [4.78, 5) is 0.109. The third-order valence-corrected chi connectivity index (χ3v) is 5.82. The molecule has 4 nitrogen and oxygen atoms in total. The zero-order chi connectivity index (χ0) is 15.5. The average molecular weight is 314 g/mol. The summed E-state index contributed by atoms with van der Waals surface area (Å²) in [7, 11) is -3.58. The van der Waals surface area contributed by atoms with Gasteiger partial charge in [-0.15, -0.1) is 0 Å². The van der Waals surface area contributed by atoms with Crippen molar-refractivity contribution in [3.8, 4) is 0 Å². The number of rotatable bonds is 6. The second kappa shape index (κ2) is 6.85. The maximum absolute atomic E-state index is 14.1. The van der Waals surface area contributed by atoms with Crippen LogP contribution in [0.3, 0.4) is 0 Å². The lowest BCUT2D eigenvalue weighted by Crippen LogP contribution is -2.29. The van der Waals surface area contributed by atoms with E-state index in [9.17, 15) is 12.8 Å². The van der Waals surface area contributed by atoms with Crippen LogP contribution in [0.15, 0.2) is 17.0 Å². The normalized spacial score (nSPS) is 16.5. The van der Waals surface area contributed by atoms with Crippen LogP contribution in [0.2, 0.25) is 0 Å². The molecule has 0 aromatic heterocycles. The van der Waals surface area contributed by atoms with Crippen LogP contribution < -0.4 is 5.32 Å². The summed E-state index contributed by atoms with van der Waals surface area (Å²) >= 11 is 0. The molecule has 0 unspecified atom stereocenters. The molecule has 0 bridgehead atoms. The number of benzene rings is 1. The summed E-state index contributed by atoms with van der Waals surface area (Å²) in [6.07, 6.45) is 2.73. The molecule has 1 aliphatic heterocycles. The number of nitrogens with zero attached hydrogens (tertiary/aromatic N) is 1. The van der Waals surface area contributed by atoms with Gasteiger partial charge >= 0.3 is 0 Å².